The molecule has 0 saturated carbocycles. The Kier molecular flexibility index (Phi) is 6.50. The summed E-state index contributed by atoms with van der Waals surface area (Å²) >= 11 is 12.3. The number of hydrogen-bond donors (Lipinski definition) is 0. The standard InChI is InChI=1S/C22H21Cl2NO4/c1-4-9-29-21(26)11-16-13(2)25(22(27)14-5-7-15(23)8-6-14)19-12-18(24)20(28-3)10-17(16)19/h5-8,10,12H,4,9,11H2,1-3H3. The van der Waals surface area contributed by atoms with Crippen LogP contribution in [0.5, 0.6) is 5.75 Å². The first-order valence-electron chi connectivity index (χ1n) is 9.20. The van der Waals surface area contributed by atoms with Gasteiger partial charge in [-0.2, -0.15) is 0 Å². The molecule has 2 aromatic carbocycles. The van der Waals surface area contributed by atoms with Crippen LogP contribution in [0, 0.1) is 6.92 Å². The van der Waals surface area contributed by atoms with E-state index < -0.39 is 0 Å². The zero-order valence-corrected chi connectivity index (χ0v) is 17.9. The molecule has 0 spiro atoms. The molecule has 1 heterocycles. The average Bonchev–Trinajstić information content (AvgIpc) is 2.96. The van der Waals surface area contributed by atoms with E-state index in [-0.39, 0.29) is 18.3 Å². The third-order valence-corrected chi connectivity index (χ3v) is 5.24. The van der Waals surface area contributed by atoms with Crippen LogP contribution in [0.1, 0.15) is 35.0 Å². The Morgan fingerprint density at radius 3 is 2.41 bits per heavy atom. The molecule has 0 atom stereocenters. The van der Waals surface area contributed by atoms with E-state index in [2.05, 4.69) is 0 Å². The molecule has 3 rings (SSSR count). The van der Waals surface area contributed by atoms with Gasteiger partial charge in [0.05, 0.1) is 30.7 Å². The highest BCUT2D eigenvalue weighted by Gasteiger charge is 2.23. The van der Waals surface area contributed by atoms with Gasteiger partial charge in [0.2, 0.25) is 0 Å². The molecular formula is C22H21Cl2NO4. The van der Waals surface area contributed by atoms with E-state index in [1.807, 2.05) is 6.92 Å². The number of rotatable bonds is 6. The number of hydrogen-bond acceptors (Lipinski definition) is 4. The fourth-order valence-electron chi connectivity index (χ4n) is 3.25. The van der Waals surface area contributed by atoms with E-state index in [1.54, 1.807) is 47.9 Å². The van der Waals surface area contributed by atoms with E-state index in [9.17, 15) is 9.59 Å². The lowest BCUT2D eigenvalue weighted by molar-refractivity contribution is -0.142. The SMILES string of the molecule is CCCOC(=O)Cc1c(C)n(C(=O)c2ccc(Cl)cc2)c2cc(Cl)c(OC)cc12. The number of benzene rings is 2. The highest BCUT2D eigenvalue weighted by molar-refractivity contribution is 6.33. The van der Waals surface area contributed by atoms with Gasteiger partial charge in [0.1, 0.15) is 5.75 Å². The van der Waals surface area contributed by atoms with Gasteiger partial charge in [-0.25, -0.2) is 0 Å². The minimum absolute atomic E-state index is 0.0496. The maximum atomic E-state index is 13.3. The lowest BCUT2D eigenvalue weighted by atomic mass is 10.1. The van der Waals surface area contributed by atoms with Crippen molar-refractivity contribution in [3.63, 3.8) is 0 Å². The molecule has 0 unspecified atom stereocenters. The topological polar surface area (TPSA) is 57.5 Å². The Bertz CT molecular complexity index is 1070. The van der Waals surface area contributed by atoms with Gasteiger partial charge in [-0.15, -0.1) is 0 Å². The molecule has 0 aliphatic heterocycles. The average molecular weight is 434 g/mol. The van der Waals surface area contributed by atoms with Gasteiger partial charge >= 0.3 is 5.97 Å². The Morgan fingerprint density at radius 1 is 1.10 bits per heavy atom. The van der Waals surface area contributed by atoms with E-state index in [0.29, 0.717) is 44.7 Å². The molecular weight excluding hydrogens is 413 g/mol. The minimum atomic E-state index is -0.346. The van der Waals surface area contributed by atoms with Gasteiger partial charge in [-0.05, 0) is 55.3 Å². The summed E-state index contributed by atoms with van der Waals surface area (Å²) < 4.78 is 12.1. The van der Waals surface area contributed by atoms with E-state index in [4.69, 9.17) is 32.7 Å². The first kappa shape index (κ1) is 21.2. The van der Waals surface area contributed by atoms with Crippen LogP contribution >= 0.6 is 23.2 Å². The smallest absolute Gasteiger partial charge is 0.310 e. The van der Waals surface area contributed by atoms with Crippen LogP contribution in [0.3, 0.4) is 0 Å². The van der Waals surface area contributed by atoms with Crippen LogP contribution in [0.15, 0.2) is 36.4 Å². The summed E-state index contributed by atoms with van der Waals surface area (Å²) in [6.07, 6.45) is 0.791. The van der Waals surface area contributed by atoms with Crippen molar-refractivity contribution < 1.29 is 19.1 Å². The van der Waals surface area contributed by atoms with Crippen LogP contribution in [-0.4, -0.2) is 30.2 Å². The van der Waals surface area contributed by atoms with Gasteiger partial charge in [-0.3, -0.25) is 14.2 Å². The summed E-state index contributed by atoms with van der Waals surface area (Å²) in [6.45, 7) is 4.09. The Hall–Kier alpha value is -2.50. The van der Waals surface area contributed by atoms with Crippen LogP contribution in [-0.2, 0) is 16.0 Å². The first-order chi connectivity index (χ1) is 13.9. The molecule has 5 nitrogen and oxygen atoms in total. The second-order valence-corrected chi connectivity index (χ2v) is 7.46. The predicted octanol–water partition coefficient (Wildman–Crippen LogP) is 5.45. The molecule has 1 aromatic heterocycles. The Labute approximate surface area is 179 Å². The number of fused-ring (bicyclic) bond motifs is 1. The van der Waals surface area contributed by atoms with Crippen molar-refractivity contribution in [1.82, 2.24) is 4.57 Å². The third kappa shape index (κ3) is 4.26. The van der Waals surface area contributed by atoms with E-state index in [1.165, 1.54) is 7.11 Å². The molecule has 0 fully saturated rings. The van der Waals surface area contributed by atoms with E-state index >= 15 is 0 Å². The molecule has 0 saturated heterocycles. The van der Waals surface area contributed by atoms with Gasteiger partial charge in [0, 0.05) is 21.7 Å². The van der Waals surface area contributed by atoms with Crippen LogP contribution in [0.2, 0.25) is 10.0 Å². The van der Waals surface area contributed by atoms with Gasteiger partial charge < -0.3 is 9.47 Å². The molecule has 0 bridgehead atoms. The van der Waals surface area contributed by atoms with Crippen LogP contribution in [0.4, 0.5) is 0 Å². The predicted molar refractivity (Wildman–Crippen MR) is 114 cm³/mol. The lowest BCUT2D eigenvalue weighted by Gasteiger charge is -2.09. The second-order valence-electron chi connectivity index (χ2n) is 6.61. The third-order valence-electron chi connectivity index (χ3n) is 4.69. The monoisotopic (exact) mass is 433 g/mol. The quantitative estimate of drug-likeness (QED) is 0.484. The van der Waals surface area contributed by atoms with Crippen molar-refractivity contribution in [2.24, 2.45) is 0 Å². The van der Waals surface area contributed by atoms with Crippen LogP contribution in [0.25, 0.3) is 10.9 Å². The van der Waals surface area contributed by atoms with Crippen molar-refractivity contribution in [3.05, 3.63) is 63.3 Å². The number of nitrogens with zero attached hydrogens (tertiary/aromatic N) is 1. The Balaban J connectivity index is 2.17. The fourth-order valence-corrected chi connectivity index (χ4v) is 3.62. The van der Waals surface area contributed by atoms with Crippen molar-refractivity contribution in [2.75, 3.05) is 13.7 Å². The summed E-state index contributed by atoms with van der Waals surface area (Å²) in [7, 11) is 1.52. The van der Waals surface area contributed by atoms with Crippen LogP contribution < -0.4 is 4.74 Å². The zero-order chi connectivity index (χ0) is 21.1. The normalized spacial score (nSPS) is 10.9. The second kappa shape index (κ2) is 8.89. The Morgan fingerprint density at radius 2 is 1.79 bits per heavy atom. The lowest BCUT2D eigenvalue weighted by Crippen LogP contribution is -2.14. The van der Waals surface area contributed by atoms with Crippen molar-refractivity contribution in [3.8, 4) is 5.75 Å². The number of aromatic nitrogens is 1. The molecule has 0 radical (unpaired) electrons. The highest BCUT2D eigenvalue weighted by Crippen LogP contribution is 2.35. The minimum Gasteiger partial charge on any atom is -0.495 e. The largest absolute Gasteiger partial charge is 0.495 e. The molecule has 0 N–H and O–H groups in total. The molecule has 3 aromatic rings. The number of esters is 1. The van der Waals surface area contributed by atoms with Gasteiger partial charge in [0.15, 0.2) is 0 Å². The number of carbonyl (C=O) groups excluding carboxylic acids is 2. The molecule has 152 valence electrons. The number of methoxy groups -OCH3 is 1. The van der Waals surface area contributed by atoms with Crippen molar-refractivity contribution in [2.45, 2.75) is 26.7 Å². The number of carbonyl (C=O) groups is 2. The number of halogens is 2. The molecule has 29 heavy (non-hydrogen) atoms. The first-order valence-corrected chi connectivity index (χ1v) is 9.96. The van der Waals surface area contributed by atoms with Gasteiger partial charge in [0.25, 0.3) is 5.91 Å². The summed E-state index contributed by atoms with van der Waals surface area (Å²) in [6, 6.07) is 10.1. The summed E-state index contributed by atoms with van der Waals surface area (Å²) in [5.41, 5.74) is 2.43. The zero-order valence-electron chi connectivity index (χ0n) is 16.4. The fraction of sp³-hybridized carbons (Fsp3) is 0.273. The molecule has 0 aliphatic rings. The molecule has 0 aliphatic carbocycles. The highest BCUT2D eigenvalue weighted by atomic mass is 35.5. The van der Waals surface area contributed by atoms with E-state index in [0.717, 1.165) is 11.8 Å². The molecule has 7 heteroatoms. The molecule has 0 amide bonds. The maximum Gasteiger partial charge on any atom is 0.310 e. The maximum absolute atomic E-state index is 13.3. The van der Waals surface area contributed by atoms with Crippen molar-refractivity contribution in [1.29, 1.82) is 0 Å². The summed E-state index contributed by atoms with van der Waals surface area (Å²) in [4.78, 5) is 25.5. The van der Waals surface area contributed by atoms with Crippen molar-refractivity contribution >= 4 is 46.0 Å². The summed E-state index contributed by atoms with van der Waals surface area (Å²) in [5, 5.41) is 1.64. The van der Waals surface area contributed by atoms with Gasteiger partial charge in [-0.1, -0.05) is 30.1 Å². The number of ether oxygens (including phenoxy) is 2. The summed E-state index contributed by atoms with van der Waals surface area (Å²) in [5.74, 6) is -0.112.